The number of pyridine rings is 1. The number of methoxy groups -OCH3 is 1. The molecule has 1 N–H and O–H groups in total. The molecule has 0 spiro atoms. The van der Waals surface area contributed by atoms with Crippen LogP contribution in [0, 0.1) is 18.3 Å². The van der Waals surface area contributed by atoms with Crippen molar-refractivity contribution in [1.29, 1.82) is 5.26 Å². The lowest BCUT2D eigenvalue weighted by molar-refractivity contribution is 0.217. The van der Waals surface area contributed by atoms with Crippen LogP contribution in [0.15, 0.2) is 30.5 Å². The molecule has 2 aromatic heterocycles. The molecule has 3 rings (SSSR count). The van der Waals surface area contributed by atoms with E-state index >= 15 is 0 Å². The van der Waals surface area contributed by atoms with Gasteiger partial charge in [0.05, 0.1) is 13.3 Å². The summed E-state index contributed by atoms with van der Waals surface area (Å²) in [4.78, 5) is 18.8. The van der Waals surface area contributed by atoms with E-state index in [1.54, 1.807) is 12.0 Å². The quantitative estimate of drug-likeness (QED) is 0.733. The van der Waals surface area contributed by atoms with Crippen molar-refractivity contribution in [2.24, 2.45) is 0 Å². The molecule has 0 saturated heterocycles. The van der Waals surface area contributed by atoms with Crippen molar-refractivity contribution in [3.63, 3.8) is 0 Å². The van der Waals surface area contributed by atoms with Crippen molar-refractivity contribution < 1.29 is 9.53 Å². The second-order valence-electron chi connectivity index (χ2n) is 6.19. The molecule has 0 aliphatic carbocycles. The fourth-order valence-corrected chi connectivity index (χ4v) is 3.06. The number of hydrogen-bond donors (Lipinski definition) is 1. The number of amides is 2. The van der Waals surface area contributed by atoms with Gasteiger partial charge in [0.25, 0.3) is 0 Å². The Morgan fingerprint density at radius 1 is 1.36 bits per heavy atom. The predicted octanol–water partition coefficient (Wildman–Crippen LogP) is 3.48. The molecule has 0 unspecified atom stereocenters. The number of benzene rings is 1. The molecule has 8 nitrogen and oxygen atoms in total. The molecule has 0 aliphatic rings. The minimum Gasteiger partial charge on any atom is -0.494 e. The Morgan fingerprint density at radius 2 is 2.11 bits per heavy atom. The second-order valence-corrected chi connectivity index (χ2v) is 6.19. The molecule has 1 aromatic carbocycles. The molecule has 0 aliphatic heterocycles. The van der Waals surface area contributed by atoms with Gasteiger partial charge in [-0.05, 0) is 38.5 Å². The largest absolute Gasteiger partial charge is 0.494 e. The number of carbonyl (C=O) groups excluding carboxylic acids is 1. The predicted molar refractivity (Wildman–Crippen MR) is 107 cm³/mol. The zero-order valence-electron chi connectivity index (χ0n) is 16.4. The Hall–Kier alpha value is -3.60. The van der Waals surface area contributed by atoms with Gasteiger partial charge >= 0.3 is 6.03 Å². The first-order valence-electron chi connectivity index (χ1n) is 9.02. The van der Waals surface area contributed by atoms with Crippen molar-refractivity contribution in [2.45, 2.75) is 20.8 Å². The topological polar surface area (TPSA) is 96.1 Å². The van der Waals surface area contributed by atoms with Gasteiger partial charge in [0.1, 0.15) is 22.9 Å². The third kappa shape index (κ3) is 3.34. The van der Waals surface area contributed by atoms with Gasteiger partial charge in [-0.1, -0.05) is 12.1 Å². The lowest BCUT2D eigenvalue weighted by atomic mass is 10.1. The van der Waals surface area contributed by atoms with Crippen LogP contribution in [0.3, 0.4) is 0 Å². The van der Waals surface area contributed by atoms with Crippen molar-refractivity contribution in [3.05, 3.63) is 41.6 Å². The molecule has 28 heavy (non-hydrogen) atoms. The minimum absolute atomic E-state index is 0.264. The van der Waals surface area contributed by atoms with E-state index in [1.165, 1.54) is 10.9 Å². The van der Waals surface area contributed by atoms with E-state index in [2.05, 4.69) is 21.5 Å². The number of urea groups is 1. The third-order valence-electron chi connectivity index (χ3n) is 4.60. The first kappa shape index (κ1) is 19.2. The van der Waals surface area contributed by atoms with Gasteiger partial charge in [-0.3, -0.25) is 5.32 Å². The highest BCUT2D eigenvalue weighted by molar-refractivity contribution is 5.91. The van der Waals surface area contributed by atoms with Gasteiger partial charge < -0.3 is 9.64 Å². The van der Waals surface area contributed by atoms with Gasteiger partial charge in [-0.15, -0.1) is 0 Å². The smallest absolute Gasteiger partial charge is 0.323 e. The number of rotatable bonds is 5. The monoisotopic (exact) mass is 378 g/mol. The number of nitrogens with one attached hydrogen (secondary N) is 1. The number of para-hydroxylation sites is 1. The van der Waals surface area contributed by atoms with E-state index in [1.807, 2.05) is 45.0 Å². The van der Waals surface area contributed by atoms with Crippen LogP contribution < -0.4 is 10.1 Å². The van der Waals surface area contributed by atoms with Crippen molar-refractivity contribution in [1.82, 2.24) is 19.7 Å². The molecule has 3 aromatic rings. The number of anilines is 1. The van der Waals surface area contributed by atoms with Crippen molar-refractivity contribution in [3.8, 4) is 17.6 Å². The molecule has 8 heteroatoms. The number of aromatic nitrogens is 3. The van der Waals surface area contributed by atoms with Crippen LogP contribution in [-0.4, -0.2) is 45.9 Å². The summed E-state index contributed by atoms with van der Waals surface area (Å²) in [6, 6.07) is 9.36. The summed E-state index contributed by atoms with van der Waals surface area (Å²) in [6.07, 6.45) is 1.42. The van der Waals surface area contributed by atoms with E-state index in [0.717, 1.165) is 10.9 Å². The number of hydrogen-bond acceptors (Lipinski definition) is 5. The highest BCUT2D eigenvalue weighted by Gasteiger charge is 2.19. The summed E-state index contributed by atoms with van der Waals surface area (Å²) in [5.74, 6) is 1.43. The molecule has 0 radical (unpaired) electrons. The summed E-state index contributed by atoms with van der Waals surface area (Å²) in [5.41, 5.74) is 1.93. The summed E-state index contributed by atoms with van der Waals surface area (Å²) in [7, 11) is 1.59. The van der Waals surface area contributed by atoms with Crippen LogP contribution in [-0.2, 0) is 0 Å². The van der Waals surface area contributed by atoms with Gasteiger partial charge in [-0.25, -0.2) is 9.78 Å². The summed E-state index contributed by atoms with van der Waals surface area (Å²) >= 11 is 0. The van der Waals surface area contributed by atoms with Gasteiger partial charge in [0.2, 0.25) is 0 Å². The molecule has 0 bridgehead atoms. The van der Waals surface area contributed by atoms with E-state index in [9.17, 15) is 10.1 Å². The van der Waals surface area contributed by atoms with Gasteiger partial charge in [-0.2, -0.15) is 15.0 Å². The number of ether oxygens (including phenoxy) is 1. The maximum atomic E-state index is 12.5. The average molecular weight is 378 g/mol. The van der Waals surface area contributed by atoms with E-state index < -0.39 is 0 Å². The lowest BCUT2D eigenvalue weighted by Gasteiger charge is -2.19. The summed E-state index contributed by atoms with van der Waals surface area (Å²) < 4.78 is 6.91. The number of nitrogens with zero attached hydrogens (tertiary/aromatic N) is 5. The Balaban J connectivity index is 2.13. The van der Waals surface area contributed by atoms with Gasteiger partial charge in [0, 0.05) is 18.5 Å². The maximum absolute atomic E-state index is 12.5. The Morgan fingerprint density at radius 3 is 2.75 bits per heavy atom. The highest BCUT2D eigenvalue weighted by atomic mass is 16.5. The zero-order valence-corrected chi connectivity index (χ0v) is 16.4. The van der Waals surface area contributed by atoms with Crippen LogP contribution in [0.1, 0.15) is 25.0 Å². The van der Waals surface area contributed by atoms with E-state index in [-0.39, 0.29) is 11.6 Å². The fourth-order valence-electron chi connectivity index (χ4n) is 3.06. The summed E-state index contributed by atoms with van der Waals surface area (Å²) in [5, 5.41) is 17.5. The molecule has 0 fully saturated rings. The molecule has 144 valence electrons. The van der Waals surface area contributed by atoms with Crippen LogP contribution in [0.25, 0.3) is 16.7 Å². The lowest BCUT2D eigenvalue weighted by Crippen LogP contribution is -2.35. The molecule has 2 amide bonds. The highest BCUT2D eigenvalue weighted by Crippen LogP contribution is 2.29. The number of aryl methyl sites for hydroxylation is 1. The van der Waals surface area contributed by atoms with Crippen LogP contribution >= 0.6 is 0 Å². The first-order chi connectivity index (χ1) is 13.5. The maximum Gasteiger partial charge on any atom is 0.323 e. The number of fused-ring (bicyclic) bond motifs is 1. The Kier molecular flexibility index (Phi) is 5.45. The second kappa shape index (κ2) is 7.96. The number of carbonyl (C=O) groups is 1. The summed E-state index contributed by atoms with van der Waals surface area (Å²) in [6.45, 7) is 6.87. The average Bonchev–Trinajstić information content (AvgIpc) is 3.11. The standard InChI is InChI=1S/C20H22N6O2/c1-5-25(6-2)20(27)24-19-14(11-21)12-22-26(19)17-10-13(3)15-8-7-9-16(28-4)18(15)23-17/h7-10,12H,5-6H2,1-4H3,(H,24,27). The first-order valence-corrected chi connectivity index (χ1v) is 9.02. The Bertz CT molecular complexity index is 1060. The number of nitriles is 1. The normalized spacial score (nSPS) is 10.5. The van der Waals surface area contributed by atoms with Crippen LogP contribution in [0.4, 0.5) is 10.6 Å². The van der Waals surface area contributed by atoms with Crippen molar-refractivity contribution in [2.75, 3.05) is 25.5 Å². The molecular weight excluding hydrogens is 356 g/mol. The fraction of sp³-hybridized carbons (Fsp3) is 0.300. The minimum atomic E-state index is -0.293. The van der Waals surface area contributed by atoms with Crippen molar-refractivity contribution >= 4 is 22.8 Å². The zero-order chi connectivity index (χ0) is 20.3. The van der Waals surface area contributed by atoms with E-state index in [4.69, 9.17) is 4.74 Å². The Labute approximate surface area is 163 Å². The van der Waals surface area contributed by atoms with Crippen LogP contribution in [0.5, 0.6) is 5.75 Å². The van der Waals surface area contributed by atoms with Gasteiger partial charge in [0.15, 0.2) is 11.6 Å². The molecular formula is C20H22N6O2. The SMILES string of the molecule is CCN(CC)C(=O)Nc1c(C#N)cnn1-c1cc(C)c2cccc(OC)c2n1. The third-order valence-corrected chi connectivity index (χ3v) is 4.60. The molecule has 0 atom stereocenters. The molecule has 2 heterocycles. The molecule has 0 saturated carbocycles. The van der Waals surface area contributed by atoms with E-state index in [0.29, 0.717) is 36.0 Å². The van der Waals surface area contributed by atoms with Crippen LogP contribution in [0.2, 0.25) is 0 Å².